The summed E-state index contributed by atoms with van der Waals surface area (Å²) in [5, 5.41) is 0. The monoisotopic (exact) mass is 327 g/mol. The summed E-state index contributed by atoms with van der Waals surface area (Å²) in [4.78, 5) is 0. The van der Waals surface area contributed by atoms with Crippen LogP contribution in [-0.2, 0) is 17.6 Å². The lowest BCUT2D eigenvalue weighted by Crippen LogP contribution is -2.46. The fourth-order valence-electron chi connectivity index (χ4n) is 2.46. The Labute approximate surface area is 123 Å². The van der Waals surface area contributed by atoms with Crippen LogP contribution in [0.15, 0.2) is 16.6 Å². The Kier molecular flexibility index (Phi) is 4.54. The van der Waals surface area contributed by atoms with Gasteiger partial charge in [0.1, 0.15) is 5.75 Å². The number of halogens is 1. The smallest absolute Gasteiger partial charge is 0.125 e. The van der Waals surface area contributed by atoms with Crippen molar-refractivity contribution in [3.63, 3.8) is 0 Å². The molecule has 2 N–H and O–H groups in total. The Bertz CT molecular complexity index is 460. The third kappa shape index (κ3) is 3.30. The normalized spacial score (nSPS) is 16.1. The summed E-state index contributed by atoms with van der Waals surface area (Å²) in [6, 6.07) is 4.17. The van der Waals surface area contributed by atoms with Crippen LogP contribution in [0.25, 0.3) is 0 Å². The van der Waals surface area contributed by atoms with Gasteiger partial charge in [0.2, 0.25) is 0 Å². The second-order valence-electron chi connectivity index (χ2n) is 5.50. The number of hydrogen-bond acceptors (Lipinski definition) is 3. The van der Waals surface area contributed by atoms with E-state index in [-0.39, 0.29) is 11.6 Å². The van der Waals surface area contributed by atoms with Gasteiger partial charge in [-0.2, -0.15) is 0 Å². The molecule has 0 amide bonds. The Balaban J connectivity index is 2.20. The van der Waals surface area contributed by atoms with E-state index in [0.717, 1.165) is 29.7 Å². The van der Waals surface area contributed by atoms with Crippen LogP contribution in [0.1, 0.15) is 31.9 Å². The Morgan fingerprint density at radius 1 is 1.47 bits per heavy atom. The molecule has 2 rings (SSSR count). The van der Waals surface area contributed by atoms with Gasteiger partial charge in [0.25, 0.3) is 0 Å². The summed E-state index contributed by atoms with van der Waals surface area (Å²) in [5.74, 6) is 1.02. The van der Waals surface area contributed by atoms with E-state index >= 15 is 0 Å². The number of benzene rings is 1. The number of rotatable bonds is 5. The van der Waals surface area contributed by atoms with Crippen molar-refractivity contribution in [3.8, 4) is 5.75 Å². The molecule has 1 atom stereocenters. The van der Waals surface area contributed by atoms with E-state index in [1.807, 2.05) is 20.8 Å². The molecule has 0 fully saturated rings. The first-order valence-corrected chi connectivity index (χ1v) is 7.57. The molecular weight excluding hydrogens is 306 g/mol. The zero-order chi connectivity index (χ0) is 14.0. The predicted octanol–water partition coefficient (Wildman–Crippen LogP) is 3.07. The van der Waals surface area contributed by atoms with Gasteiger partial charge in [0, 0.05) is 23.5 Å². The molecule has 1 aromatic rings. The predicted molar refractivity (Wildman–Crippen MR) is 80.7 cm³/mol. The Morgan fingerprint density at radius 2 is 2.21 bits per heavy atom. The first kappa shape index (κ1) is 14.8. The highest BCUT2D eigenvalue weighted by molar-refractivity contribution is 9.10. The third-order valence-corrected chi connectivity index (χ3v) is 4.13. The first-order chi connectivity index (χ1) is 8.94. The quantitative estimate of drug-likeness (QED) is 0.903. The molecule has 0 aromatic heterocycles. The molecular formula is C15H22BrNO2. The van der Waals surface area contributed by atoms with Crippen molar-refractivity contribution in [3.05, 3.63) is 27.7 Å². The number of fused-ring (bicyclic) bond motifs is 1. The van der Waals surface area contributed by atoms with Gasteiger partial charge in [0.15, 0.2) is 0 Å². The third-order valence-electron chi connectivity index (χ3n) is 3.67. The topological polar surface area (TPSA) is 44.5 Å². The molecule has 3 nitrogen and oxygen atoms in total. The molecule has 1 aromatic carbocycles. The fourth-order valence-corrected chi connectivity index (χ4v) is 3.01. The van der Waals surface area contributed by atoms with Crippen LogP contribution in [0, 0.1) is 0 Å². The van der Waals surface area contributed by atoms with Crippen molar-refractivity contribution in [2.75, 3.05) is 13.2 Å². The van der Waals surface area contributed by atoms with Crippen molar-refractivity contribution in [1.82, 2.24) is 0 Å². The van der Waals surface area contributed by atoms with Crippen molar-refractivity contribution in [1.29, 1.82) is 0 Å². The molecule has 1 unspecified atom stereocenters. The zero-order valence-corrected chi connectivity index (χ0v) is 13.4. The van der Waals surface area contributed by atoms with E-state index in [1.165, 1.54) is 11.1 Å². The summed E-state index contributed by atoms with van der Waals surface area (Å²) in [5.41, 5.74) is 8.42. The molecule has 0 bridgehead atoms. The maximum absolute atomic E-state index is 6.32. The van der Waals surface area contributed by atoms with Crippen molar-refractivity contribution in [2.24, 2.45) is 5.73 Å². The van der Waals surface area contributed by atoms with Gasteiger partial charge in [-0.15, -0.1) is 0 Å². The minimum atomic E-state index is -0.331. The highest BCUT2D eigenvalue weighted by Gasteiger charge is 2.29. The first-order valence-electron chi connectivity index (χ1n) is 6.77. The average Bonchev–Trinajstić information content (AvgIpc) is 2.76. The lowest BCUT2D eigenvalue weighted by Gasteiger charge is -2.31. The van der Waals surface area contributed by atoms with E-state index < -0.39 is 0 Å². The van der Waals surface area contributed by atoms with E-state index in [9.17, 15) is 0 Å². The van der Waals surface area contributed by atoms with Crippen LogP contribution in [0.5, 0.6) is 5.75 Å². The summed E-state index contributed by atoms with van der Waals surface area (Å²) in [7, 11) is 0. The second-order valence-corrected chi connectivity index (χ2v) is 6.41. The van der Waals surface area contributed by atoms with Crippen LogP contribution in [0.4, 0.5) is 0 Å². The van der Waals surface area contributed by atoms with Crippen LogP contribution >= 0.6 is 15.9 Å². The van der Waals surface area contributed by atoms with Gasteiger partial charge in [0.05, 0.1) is 12.2 Å². The molecule has 1 aliphatic heterocycles. The van der Waals surface area contributed by atoms with Crippen LogP contribution in [-0.4, -0.2) is 24.9 Å². The molecule has 4 heteroatoms. The minimum Gasteiger partial charge on any atom is -0.493 e. The van der Waals surface area contributed by atoms with Crippen LogP contribution in [0.2, 0.25) is 0 Å². The minimum absolute atomic E-state index is 0.0601. The summed E-state index contributed by atoms with van der Waals surface area (Å²) < 4.78 is 12.6. The lowest BCUT2D eigenvalue weighted by atomic mass is 9.92. The van der Waals surface area contributed by atoms with Gasteiger partial charge < -0.3 is 15.2 Å². The number of ether oxygens (including phenoxy) is 2. The van der Waals surface area contributed by atoms with E-state index in [2.05, 4.69) is 28.1 Å². The zero-order valence-electron chi connectivity index (χ0n) is 11.8. The molecule has 106 valence electrons. The summed E-state index contributed by atoms with van der Waals surface area (Å²) in [6.07, 6.45) is 1.74. The molecule has 0 saturated heterocycles. The second kappa shape index (κ2) is 5.81. The Hall–Kier alpha value is -0.580. The molecule has 1 heterocycles. The number of hydrogen-bond donors (Lipinski definition) is 1. The van der Waals surface area contributed by atoms with Crippen LogP contribution in [0.3, 0.4) is 0 Å². The Morgan fingerprint density at radius 3 is 2.89 bits per heavy atom. The standard InChI is InChI=1S/C15H22BrNO2/c1-4-19-15(2,3)13(17)9-11-8-12(16)7-10-5-6-18-14(10)11/h7-8,13H,4-6,9,17H2,1-3H3. The van der Waals surface area contributed by atoms with Gasteiger partial charge in [-0.05, 0) is 50.5 Å². The van der Waals surface area contributed by atoms with Crippen molar-refractivity contribution >= 4 is 15.9 Å². The van der Waals surface area contributed by atoms with Gasteiger partial charge >= 0.3 is 0 Å². The summed E-state index contributed by atoms with van der Waals surface area (Å²) >= 11 is 3.56. The van der Waals surface area contributed by atoms with E-state index in [1.54, 1.807) is 0 Å². The fraction of sp³-hybridized carbons (Fsp3) is 0.600. The SMILES string of the molecule is CCOC(C)(C)C(N)Cc1cc(Br)cc2c1OCC2. The molecule has 0 spiro atoms. The molecule has 19 heavy (non-hydrogen) atoms. The van der Waals surface area contributed by atoms with Crippen molar-refractivity contribution < 1.29 is 9.47 Å². The maximum Gasteiger partial charge on any atom is 0.125 e. The largest absolute Gasteiger partial charge is 0.493 e. The molecule has 0 saturated carbocycles. The van der Waals surface area contributed by atoms with E-state index in [4.69, 9.17) is 15.2 Å². The highest BCUT2D eigenvalue weighted by atomic mass is 79.9. The van der Waals surface area contributed by atoms with Gasteiger partial charge in [-0.1, -0.05) is 15.9 Å². The maximum atomic E-state index is 6.32. The molecule has 0 aliphatic carbocycles. The average molecular weight is 328 g/mol. The highest BCUT2D eigenvalue weighted by Crippen LogP contribution is 2.34. The molecule has 1 aliphatic rings. The molecule has 0 radical (unpaired) electrons. The van der Waals surface area contributed by atoms with Gasteiger partial charge in [-0.25, -0.2) is 0 Å². The van der Waals surface area contributed by atoms with E-state index in [0.29, 0.717) is 6.61 Å². The van der Waals surface area contributed by atoms with Crippen molar-refractivity contribution in [2.45, 2.75) is 45.3 Å². The lowest BCUT2D eigenvalue weighted by molar-refractivity contribution is -0.0289. The number of nitrogens with two attached hydrogens (primary N) is 1. The summed E-state index contributed by atoms with van der Waals surface area (Å²) in [6.45, 7) is 7.52. The van der Waals surface area contributed by atoms with Gasteiger partial charge in [-0.3, -0.25) is 0 Å². The van der Waals surface area contributed by atoms with Crippen LogP contribution < -0.4 is 10.5 Å².